The number of benzene rings is 2. The summed E-state index contributed by atoms with van der Waals surface area (Å²) in [7, 11) is 3.62. The summed E-state index contributed by atoms with van der Waals surface area (Å²) in [6.45, 7) is 0.986. The molecule has 0 radical (unpaired) electrons. The number of alkyl halides is 3. The molecule has 1 unspecified atom stereocenters. The van der Waals surface area contributed by atoms with E-state index in [0.717, 1.165) is 24.1 Å². The smallest absolute Gasteiger partial charge is 0.417 e. The molecule has 10 heteroatoms. The number of methoxy groups -OCH3 is 1. The number of halogens is 3. The van der Waals surface area contributed by atoms with Crippen LogP contribution < -0.4 is 29.5 Å². The summed E-state index contributed by atoms with van der Waals surface area (Å²) < 4.78 is 67.0. The predicted molar refractivity (Wildman–Crippen MR) is 118 cm³/mol. The molecule has 1 aromatic heterocycles. The minimum Gasteiger partial charge on any atom is -0.492 e. The summed E-state index contributed by atoms with van der Waals surface area (Å²) in [6.07, 6.45) is -3.84. The maximum atomic E-state index is 13.2. The van der Waals surface area contributed by atoms with Crippen LogP contribution in [0.1, 0.15) is 22.7 Å². The van der Waals surface area contributed by atoms with Gasteiger partial charge in [0.15, 0.2) is 17.5 Å². The summed E-state index contributed by atoms with van der Waals surface area (Å²) in [5.74, 6) is 8.30. The van der Waals surface area contributed by atoms with E-state index in [9.17, 15) is 18.0 Å². The van der Waals surface area contributed by atoms with Gasteiger partial charge in [-0.3, -0.25) is 0 Å². The lowest BCUT2D eigenvalue weighted by molar-refractivity contribution is -0.905. The maximum Gasteiger partial charge on any atom is 0.417 e. The number of ether oxygens (including phenoxy) is 4. The molecular weight excluding hydrogens is 467 g/mol. The molecule has 7 nitrogen and oxygen atoms in total. The standard InChI is InChI=1S/C25H20F3NO6/c1-29-8-7-14-10-20-23(34-13-33-20)24(31-2)22(14)18(29)4-3-9-32-15-5-6-16-17(25(26,27)28)12-21(30)35-19(16)11-15/h5-6,10-12,18H,7-9,13H2,1-2H3/p+1/t18-/m1/s1. The third kappa shape index (κ3) is 4.23. The lowest BCUT2D eigenvalue weighted by Gasteiger charge is -2.29. The molecular formula is C25H21F3NO6+. The van der Waals surface area contributed by atoms with Crippen molar-refractivity contribution in [3.8, 4) is 34.8 Å². The lowest BCUT2D eigenvalue weighted by atomic mass is 9.91. The van der Waals surface area contributed by atoms with Crippen molar-refractivity contribution in [3.63, 3.8) is 0 Å². The number of nitrogens with one attached hydrogen (secondary N) is 1. The minimum atomic E-state index is -4.68. The summed E-state index contributed by atoms with van der Waals surface area (Å²) in [5.41, 5.74) is -0.311. The van der Waals surface area contributed by atoms with Gasteiger partial charge in [-0.25, -0.2) is 4.79 Å². The Morgan fingerprint density at radius 3 is 2.80 bits per heavy atom. The Morgan fingerprint density at radius 1 is 1.20 bits per heavy atom. The van der Waals surface area contributed by atoms with Gasteiger partial charge in [-0.15, -0.1) is 0 Å². The van der Waals surface area contributed by atoms with Gasteiger partial charge in [0.1, 0.15) is 17.9 Å². The first-order valence-corrected chi connectivity index (χ1v) is 10.8. The fourth-order valence-electron chi connectivity index (χ4n) is 4.45. The Hall–Kier alpha value is -3.84. The van der Waals surface area contributed by atoms with Crippen molar-refractivity contribution in [2.24, 2.45) is 0 Å². The molecule has 5 rings (SSSR count). The van der Waals surface area contributed by atoms with Gasteiger partial charge in [-0.05, 0) is 29.7 Å². The van der Waals surface area contributed by atoms with E-state index in [1.54, 1.807) is 7.11 Å². The van der Waals surface area contributed by atoms with Crippen molar-refractivity contribution in [2.75, 3.05) is 34.1 Å². The molecule has 2 aromatic carbocycles. The Kier molecular flexibility index (Phi) is 5.73. The van der Waals surface area contributed by atoms with E-state index in [1.165, 1.54) is 23.1 Å². The van der Waals surface area contributed by atoms with Crippen molar-refractivity contribution in [3.05, 3.63) is 57.4 Å². The van der Waals surface area contributed by atoms with Crippen LogP contribution in [0.25, 0.3) is 11.0 Å². The van der Waals surface area contributed by atoms with Crippen LogP contribution in [0.3, 0.4) is 0 Å². The lowest BCUT2D eigenvalue weighted by Crippen LogP contribution is -3.10. The van der Waals surface area contributed by atoms with Gasteiger partial charge in [0.25, 0.3) is 0 Å². The Morgan fingerprint density at radius 2 is 2.03 bits per heavy atom. The molecule has 1 N–H and O–H groups in total. The van der Waals surface area contributed by atoms with Crippen LogP contribution >= 0.6 is 0 Å². The van der Waals surface area contributed by atoms with Crippen molar-refractivity contribution < 1.29 is 41.4 Å². The van der Waals surface area contributed by atoms with Gasteiger partial charge in [0.2, 0.25) is 12.5 Å². The SMILES string of the molecule is COc1c2c(cc3c1[C@@H](C#CCOc1ccc4c(C(F)(F)F)cc(=O)oc4c1)[NH+](C)CC3)OCO2. The second-order valence-corrected chi connectivity index (χ2v) is 8.24. The van der Waals surface area contributed by atoms with E-state index in [2.05, 4.69) is 11.8 Å². The highest BCUT2D eigenvalue weighted by atomic mass is 19.4. The fraction of sp³-hybridized carbons (Fsp3) is 0.320. The number of fused-ring (bicyclic) bond motifs is 3. The highest BCUT2D eigenvalue weighted by Gasteiger charge is 2.36. The summed E-state index contributed by atoms with van der Waals surface area (Å²) in [6, 6.07) is 6.06. The second-order valence-electron chi connectivity index (χ2n) is 8.24. The quantitative estimate of drug-likeness (QED) is 0.452. The summed E-state index contributed by atoms with van der Waals surface area (Å²) in [4.78, 5) is 12.8. The molecule has 2 atom stereocenters. The zero-order valence-electron chi connectivity index (χ0n) is 18.9. The van der Waals surface area contributed by atoms with Crippen LogP contribution in [0.4, 0.5) is 13.2 Å². The highest BCUT2D eigenvalue weighted by molar-refractivity contribution is 5.82. The molecule has 3 heterocycles. The Balaban J connectivity index is 1.39. The zero-order chi connectivity index (χ0) is 24.7. The van der Waals surface area contributed by atoms with Crippen LogP contribution in [-0.4, -0.2) is 34.1 Å². The number of quaternary nitrogens is 1. The summed E-state index contributed by atoms with van der Waals surface area (Å²) >= 11 is 0. The first-order valence-electron chi connectivity index (χ1n) is 10.8. The summed E-state index contributed by atoms with van der Waals surface area (Å²) in [5, 5.41) is -0.217. The number of hydrogen-bond donors (Lipinski definition) is 1. The predicted octanol–water partition coefficient (Wildman–Crippen LogP) is 2.74. The maximum absolute atomic E-state index is 13.2. The second kappa shape index (κ2) is 8.74. The Labute approximate surface area is 197 Å². The molecule has 2 aliphatic rings. The number of hydrogen-bond acceptors (Lipinski definition) is 6. The zero-order valence-corrected chi connectivity index (χ0v) is 18.9. The van der Waals surface area contributed by atoms with E-state index >= 15 is 0 Å². The van der Waals surface area contributed by atoms with Gasteiger partial charge in [-0.2, -0.15) is 13.2 Å². The largest absolute Gasteiger partial charge is 0.492 e. The molecule has 0 saturated carbocycles. The van der Waals surface area contributed by atoms with E-state index < -0.39 is 17.4 Å². The molecule has 0 bridgehead atoms. The van der Waals surface area contributed by atoms with E-state index in [0.29, 0.717) is 23.3 Å². The van der Waals surface area contributed by atoms with Crippen molar-refractivity contribution in [1.82, 2.24) is 0 Å². The molecule has 35 heavy (non-hydrogen) atoms. The van der Waals surface area contributed by atoms with Gasteiger partial charge in [0, 0.05) is 23.9 Å². The first kappa shape index (κ1) is 22.9. The van der Waals surface area contributed by atoms with Crippen LogP contribution in [0, 0.1) is 11.8 Å². The third-order valence-corrected chi connectivity index (χ3v) is 6.10. The van der Waals surface area contributed by atoms with Crippen molar-refractivity contribution in [2.45, 2.75) is 18.6 Å². The van der Waals surface area contributed by atoms with Crippen LogP contribution in [0.5, 0.6) is 23.0 Å². The first-order chi connectivity index (χ1) is 16.8. The normalized spacial score (nSPS) is 18.5. The minimum absolute atomic E-state index is 0.0132. The van der Waals surface area contributed by atoms with Crippen molar-refractivity contribution in [1.29, 1.82) is 0 Å². The van der Waals surface area contributed by atoms with Crippen LogP contribution in [-0.2, 0) is 12.6 Å². The van der Waals surface area contributed by atoms with Crippen molar-refractivity contribution >= 4 is 11.0 Å². The molecule has 2 aliphatic heterocycles. The fourth-order valence-corrected chi connectivity index (χ4v) is 4.45. The molecule has 0 aliphatic carbocycles. The molecule has 182 valence electrons. The third-order valence-electron chi connectivity index (χ3n) is 6.10. The number of rotatable bonds is 3. The Bertz CT molecular complexity index is 1420. The molecule has 0 fully saturated rings. The molecule has 3 aromatic rings. The van der Waals surface area contributed by atoms with Gasteiger partial charge in [0.05, 0.1) is 31.8 Å². The molecule has 0 amide bonds. The number of likely N-dealkylation sites (N-methyl/N-ethyl adjacent to an activating group) is 1. The van der Waals surface area contributed by atoms with E-state index in [4.69, 9.17) is 23.4 Å². The van der Waals surface area contributed by atoms with Gasteiger partial charge in [-0.1, -0.05) is 5.92 Å². The average Bonchev–Trinajstić information content (AvgIpc) is 3.28. The van der Waals surface area contributed by atoms with E-state index in [1.807, 2.05) is 13.1 Å². The van der Waals surface area contributed by atoms with Gasteiger partial charge < -0.3 is 28.3 Å². The van der Waals surface area contributed by atoms with Crippen LogP contribution in [0.15, 0.2) is 39.5 Å². The highest BCUT2D eigenvalue weighted by Crippen LogP contribution is 2.47. The molecule has 0 saturated heterocycles. The van der Waals surface area contributed by atoms with Gasteiger partial charge >= 0.3 is 11.8 Å². The monoisotopic (exact) mass is 488 g/mol. The average molecular weight is 488 g/mol. The van der Waals surface area contributed by atoms with E-state index in [-0.39, 0.29) is 36.2 Å². The topological polar surface area (TPSA) is 71.6 Å². The molecule has 0 spiro atoms. The van der Waals surface area contributed by atoms with Crippen LogP contribution in [0.2, 0.25) is 0 Å².